The Balaban J connectivity index is 2.31. The predicted molar refractivity (Wildman–Crippen MR) is 70.5 cm³/mol. The molecule has 0 aliphatic carbocycles. The molecular formula is C11H14N4O4S. The molecule has 0 aliphatic heterocycles. The van der Waals surface area contributed by atoms with Gasteiger partial charge in [0.05, 0.1) is 24.6 Å². The number of ether oxygens (including phenoxy) is 1. The molecule has 20 heavy (non-hydrogen) atoms. The molecule has 0 atom stereocenters. The van der Waals surface area contributed by atoms with E-state index in [1.807, 2.05) is 0 Å². The summed E-state index contributed by atoms with van der Waals surface area (Å²) in [5.74, 6) is 0.0509. The molecule has 0 spiro atoms. The van der Waals surface area contributed by atoms with Crippen molar-refractivity contribution in [3.05, 3.63) is 12.1 Å². The van der Waals surface area contributed by atoms with E-state index in [0.29, 0.717) is 35.6 Å². The van der Waals surface area contributed by atoms with Crippen molar-refractivity contribution in [3.8, 4) is 11.6 Å². The predicted octanol–water partition coefficient (Wildman–Crippen LogP) is 1.06. The lowest BCUT2D eigenvalue weighted by Gasteiger charge is -2.07. The number of carboxylic acid groups (broad SMARTS) is 1. The summed E-state index contributed by atoms with van der Waals surface area (Å²) in [5, 5.41) is 17.3. The van der Waals surface area contributed by atoms with E-state index >= 15 is 0 Å². The number of oxazole rings is 1. The number of hydrogen-bond donors (Lipinski definition) is 1. The number of aliphatic carboxylic acids is 1. The Kier molecular flexibility index (Phi) is 4.74. The van der Waals surface area contributed by atoms with Gasteiger partial charge >= 0.3 is 5.97 Å². The maximum Gasteiger partial charge on any atom is 0.313 e. The largest absolute Gasteiger partial charge is 0.481 e. The third kappa shape index (κ3) is 3.17. The van der Waals surface area contributed by atoms with Crippen LogP contribution in [-0.2, 0) is 16.1 Å². The van der Waals surface area contributed by atoms with Gasteiger partial charge in [-0.05, 0) is 6.92 Å². The molecule has 0 saturated carbocycles. The van der Waals surface area contributed by atoms with Gasteiger partial charge in [-0.25, -0.2) is 4.98 Å². The summed E-state index contributed by atoms with van der Waals surface area (Å²) < 4.78 is 12.1. The summed E-state index contributed by atoms with van der Waals surface area (Å²) in [5.41, 5.74) is 0.700. The number of aryl methyl sites for hydroxylation is 1. The van der Waals surface area contributed by atoms with Crippen LogP contribution >= 0.6 is 11.8 Å². The molecule has 0 unspecified atom stereocenters. The molecule has 2 aromatic heterocycles. The maximum absolute atomic E-state index is 10.7. The molecule has 0 amide bonds. The van der Waals surface area contributed by atoms with Gasteiger partial charge in [0.2, 0.25) is 5.82 Å². The molecule has 2 aromatic rings. The fraction of sp³-hybridized carbons (Fsp3) is 0.455. The Morgan fingerprint density at radius 2 is 2.35 bits per heavy atom. The highest BCUT2D eigenvalue weighted by atomic mass is 32.2. The highest BCUT2D eigenvalue weighted by Gasteiger charge is 2.19. The van der Waals surface area contributed by atoms with Gasteiger partial charge in [0.15, 0.2) is 17.3 Å². The Bertz CT molecular complexity index is 595. The molecule has 2 heterocycles. The number of carbonyl (C=O) groups is 1. The van der Waals surface area contributed by atoms with Crippen molar-refractivity contribution in [2.75, 3.05) is 19.5 Å². The van der Waals surface area contributed by atoms with Gasteiger partial charge in [-0.3, -0.25) is 9.36 Å². The van der Waals surface area contributed by atoms with Gasteiger partial charge in [-0.1, -0.05) is 11.8 Å². The van der Waals surface area contributed by atoms with E-state index in [1.165, 1.54) is 6.39 Å². The summed E-state index contributed by atoms with van der Waals surface area (Å²) >= 11 is 1.10. The smallest absolute Gasteiger partial charge is 0.313 e. The number of thioether (sulfide) groups is 1. The quantitative estimate of drug-likeness (QED) is 0.757. The average molecular weight is 298 g/mol. The number of aromatic nitrogens is 4. The van der Waals surface area contributed by atoms with Crippen LogP contribution in [-0.4, -0.2) is 50.3 Å². The zero-order valence-corrected chi connectivity index (χ0v) is 11.9. The Morgan fingerprint density at radius 3 is 2.95 bits per heavy atom. The lowest BCUT2D eigenvalue weighted by Crippen LogP contribution is -2.09. The summed E-state index contributed by atoms with van der Waals surface area (Å²) in [6.45, 7) is 2.76. The molecule has 0 bridgehead atoms. The van der Waals surface area contributed by atoms with Crippen molar-refractivity contribution in [2.45, 2.75) is 18.6 Å². The van der Waals surface area contributed by atoms with Gasteiger partial charge in [0.1, 0.15) is 0 Å². The lowest BCUT2D eigenvalue weighted by atomic mass is 10.3. The molecule has 8 nitrogen and oxygen atoms in total. The fourth-order valence-electron chi connectivity index (χ4n) is 1.59. The standard InChI is InChI=1S/C11H14N4O4S/c1-7-9(19-6-12-7)10-13-14-11(20-5-8(16)17)15(10)3-4-18-2/h6H,3-5H2,1-2H3,(H,16,17). The van der Waals surface area contributed by atoms with Crippen LogP contribution < -0.4 is 0 Å². The van der Waals surface area contributed by atoms with E-state index in [9.17, 15) is 4.79 Å². The summed E-state index contributed by atoms with van der Waals surface area (Å²) in [7, 11) is 1.59. The number of rotatable bonds is 7. The zero-order chi connectivity index (χ0) is 14.5. The fourth-order valence-corrected chi connectivity index (χ4v) is 2.28. The second kappa shape index (κ2) is 6.53. The first-order valence-corrected chi connectivity index (χ1v) is 6.79. The summed E-state index contributed by atoms with van der Waals surface area (Å²) in [6, 6.07) is 0. The molecular weight excluding hydrogens is 284 g/mol. The van der Waals surface area contributed by atoms with Crippen LogP contribution in [0.25, 0.3) is 11.6 Å². The van der Waals surface area contributed by atoms with Crippen molar-refractivity contribution >= 4 is 17.7 Å². The van der Waals surface area contributed by atoms with Gasteiger partial charge < -0.3 is 14.3 Å². The minimum absolute atomic E-state index is 0.0828. The van der Waals surface area contributed by atoms with Crippen LogP contribution in [0.2, 0.25) is 0 Å². The third-order valence-electron chi connectivity index (χ3n) is 2.51. The maximum atomic E-state index is 10.7. The van der Waals surface area contributed by atoms with Crippen molar-refractivity contribution in [3.63, 3.8) is 0 Å². The van der Waals surface area contributed by atoms with E-state index in [0.717, 1.165) is 11.8 Å². The van der Waals surface area contributed by atoms with Crippen molar-refractivity contribution in [1.29, 1.82) is 0 Å². The zero-order valence-electron chi connectivity index (χ0n) is 11.1. The van der Waals surface area contributed by atoms with Gasteiger partial charge in [0.25, 0.3) is 0 Å². The second-order valence-corrected chi connectivity index (χ2v) is 4.84. The van der Waals surface area contributed by atoms with Crippen LogP contribution in [0, 0.1) is 6.92 Å². The van der Waals surface area contributed by atoms with E-state index in [4.69, 9.17) is 14.3 Å². The summed E-state index contributed by atoms with van der Waals surface area (Å²) in [4.78, 5) is 14.7. The van der Waals surface area contributed by atoms with Crippen LogP contribution in [0.15, 0.2) is 16.0 Å². The molecule has 0 aliphatic rings. The van der Waals surface area contributed by atoms with E-state index in [2.05, 4.69) is 15.2 Å². The molecule has 9 heteroatoms. The van der Waals surface area contributed by atoms with Crippen LogP contribution in [0.5, 0.6) is 0 Å². The van der Waals surface area contributed by atoms with E-state index < -0.39 is 5.97 Å². The minimum Gasteiger partial charge on any atom is -0.481 e. The normalized spacial score (nSPS) is 10.9. The number of hydrogen-bond acceptors (Lipinski definition) is 7. The molecule has 1 N–H and O–H groups in total. The minimum atomic E-state index is -0.909. The van der Waals surface area contributed by atoms with Gasteiger partial charge in [-0.2, -0.15) is 0 Å². The highest BCUT2D eigenvalue weighted by Crippen LogP contribution is 2.25. The Hall–Kier alpha value is -1.87. The third-order valence-corrected chi connectivity index (χ3v) is 3.46. The van der Waals surface area contributed by atoms with Crippen LogP contribution in [0.1, 0.15) is 5.69 Å². The average Bonchev–Trinajstić information content (AvgIpc) is 2.99. The van der Waals surface area contributed by atoms with Gasteiger partial charge in [0, 0.05) is 7.11 Å². The second-order valence-electron chi connectivity index (χ2n) is 3.90. The molecule has 0 fully saturated rings. The molecule has 2 rings (SSSR count). The first kappa shape index (κ1) is 14.5. The van der Waals surface area contributed by atoms with Crippen LogP contribution in [0.3, 0.4) is 0 Å². The van der Waals surface area contributed by atoms with Crippen molar-refractivity contribution < 1.29 is 19.1 Å². The molecule has 108 valence electrons. The number of nitrogens with zero attached hydrogens (tertiary/aromatic N) is 4. The van der Waals surface area contributed by atoms with E-state index in [-0.39, 0.29) is 5.75 Å². The van der Waals surface area contributed by atoms with Crippen molar-refractivity contribution in [2.24, 2.45) is 0 Å². The monoisotopic (exact) mass is 298 g/mol. The lowest BCUT2D eigenvalue weighted by molar-refractivity contribution is -0.133. The van der Waals surface area contributed by atoms with Crippen LogP contribution in [0.4, 0.5) is 0 Å². The molecule has 0 radical (unpaired) electrons. The first-order chi connectivity index (χ1) is 9.63. The first-order valence-electron chi connectivity index (χ1n) is 5.80. The van der Waals surface area contributed by atoms with E-state index in [1.54, 1.807) is 18.6 Å². The highest BCUT2D eigenvalue weighted by molar-refractivity contribution is 7.99. The molecule has 0 saturated heterocycles. The number of methoxy groups -OCH3 is 1. The Labute approximate surface area is 119 Å². The topological polar surface area (TPSA) is 103 Å². The van der Waals surface area contributed by atoms with Crippen molar-refractivity contribution in [1.82, 2.24) is 19.7 Å². The SMILES string of the molecule is COCCn1c(SCC(=O)O)nnc1-c1ocnc1C. The number of carboxylic acids is 1. The summed E-state index contributed by atoms with van der Waals surface area (Å²) in [6.07, 6.45) is 1.34. The van der Waals surface area contributed by atoms with Gasteiger partial charge in [-0.15, -0.1) is 10.2 Å². The Morgan fingerprint density at radius 1 is 1.55 bits per heavy atom. The molecule has 0 aromatic carbocycles.